The van der Waals surface area contributed by atoms with E-state index >= 15 is 0 Å². The van der Waals surface area contributed by atoms with Gasteiger partial charge in [0.25, 0.3) is 0 Å². The van der Waals surface area contributed by atoms with Crippen molar-refractivity contribution in [3.05, 3.63) is 0 Å². The van der Waals surface area contributed by atoms with E-state index < -0.39 is 6.03 Å². The van der Waals surface area contributed by atoms with Crippen LogP contribution in [0.1, 0.15) is 19.3 Å². The number of amides is 3. The average molecular weight is 171 g/mol. The molecule has 12 heavy (non-hydrogen) atoms. The first kappa shape index (κ1) is 8.99. The van der Waals surface area contributed by atoms with Crippen molar-refractivity contribution in [1.82, 2.24) is 10.6 Å². The van der Waals surface area contributed by atoms with E-state index in [-0.39, 0.29) is 11.9 Å². The molecule has 0 aromatic heterocycles. The molecule has 0 bridgehead atoms. The zero-order chi connectivity index (χ0) is 8.97. The third-order valence-electron chi connectivity index (χ3n) is 1.87. The van der Waals surface area contributed by atoms with Crippen LogP contribution in [-0.2, 0) is 4.79 Å². The lowest BCUT2D eigenvalue weighted by Crippen LogP contribution is -2.49. The number of primary amides is 1. The van der Waals surface area contributed by atoms with E-state index in [1.54, 1.807) is 0 Å². The molecule has 0 aromatic carbocycles. The van der Waals surface area contributed by atoms with Crippen LogP contribution in [0.25, 0.3) is 0 Å². The maximum Gasteiger partial charge on any atom is 0.318 e. The van der Waals surface area contributed by atoms with Gasteiger partial charge in [-0.05, 0) is 19.4 Å². The Morgan fingerprint density at radius 2 is 2.17 bits per heavy atom. The Bertz CT molecular complexity index is 187. The molecule has 5 nitrogen and oxygen atoms in total. The van der Waals surface area contributed by atoms with Gasteiger partial charge < -0.3 is 11.1 Å². The average Bonchev–Trinajstić information content (AvgIpc) is 2.05. The van der Waals surface area contributed by atoms with Crippen LogP contribution in [0.3, 0.4) is 0 Å². The molecule has 3 amide bonds. The van der Waals surface area contributed by atoms with E-state index in [4.69, 9.17) is 5.73 Å². The van der Waals surface area contributed by atoms with E-state index in [0.29, 0.717) is 0 Å². The summed E-state index contributed by atoms with van der Waals surface area (Å²) in [6.45, 7) is 0.830. The Morgan fingerprint density at radius 3 is 2.67 bits per heavy atom. The first-order valence-corrected chi connectivity index (χ1v) is 4.04. The molecule has 1 fully saturated rings. The second-order valence-electron chi connectivity index (χ2n) is 2.86. The van der Waals surface area contributed by atoms with Gasteiger partial charge in [-0.3, -0.25) is 10.1 Å². The molecule has 68 valence electrons. The van der Waals surface area contributed by atoms with Crippen molar-refractivity contribution < 1.29 is 9.59 Å². The monoisotopic (exact) mass is 171 g/mol. The SMILES string of the molecule is NC(=O)NC(=O)[C@H]1CCCCN1. The summed E-state index contributed by atoms with van der Waals surface area (Å²) in [4.78, 5) is 21.4. The smallest absolute Gasteiger partial charge is 0.318 e. The van der Waals surface area contributed by atoms with Gasteiger partial charge in [0.15, 0.2) is 0 Å². The van der Waals surface area contributed by atoms with Crippen molar-refractivity contribution in [2.75, 3.05) is 6.54 Å². The molecule has 1 heterocycles. The maximum atomic E-state index is 11.1. The minimum atomic E-state index is -0.785. The Hall–Kier alpha value is -1.10. The lowest BCUT2D eigenvalue weighted by molar-refractivity contribution is -0.122. The fraction of sp³-hybridized carbons (Fsp3) is 0.714. The summed E-state index contributed by atoms with van der Waals surface area (Å²) in [6, 6.07) is -1.03. The summed E-state index contributed by atoms with van der Waals surface area (Å²) in [7, 11) is 0. The lowest BCUT2D eigenvalue weighted by atomic mass is 10.0. The summed E-state index contributed by atoms with van der Waals surface area (Å²) in [5, 5.41) is 5.05. The quantitative estimate of drug-likeness (QED) is 0.489. The highest BCUT2D eigenvalue weighted by Crippen LogP contribution is 2.06. The van der Waals surface area contributed by atoms with Crippen molar-refractivity contribution in [3.63, 3.8) is 0 Å². The van der Waals surface area contributed by atoms with Crippen LogP contribution in [0.4, 0.5) is 4.79 Å². The van der Waals surface area contributed by atoms with Gasteiger partial charge >= 0.3 is 6.03 Å². The van der Waals surface area contributed by atoms with E-state index in [2.05, 4.69) is 5.32 Å². The van der Waals surface area contributed by atoms with Crippen LogP contribution in [0.5, 0.6) is 0 Å². The standard InChI is InChI=1S/C7H13N3O2/c8-7(12)10-6(11)5-3-1-2-4-9-5/h5,9H,1-4H2,(H3,8,10,11,12)/t5-/m1/s1. The molecule has 5 heteroatoms. The highest BCUT2D eigenvalue weighted by molar-refractivity contribution is 5.96. The number of imide groups is 1. The number of urea groups is 1. The molecular formula is C7H13N3O2. The van der Waals surface area contributed by atoms with Crippen LogP contribution in [0.15, 0.2) is 0 Å². The summed E-state index contributed by atoms with van der Waals surface area (Å²) in [6.07, 6.45) is 2.88. The maximum absolute atomic E-state index is 11.1. The number of rotatable bonds is 1. The number of nitrogens with one attached hydrogen (secondary N) is 2. The molecule has 0 aliphatic carbocycles. The van der Waals surface area contributed by atoms with Gasteiger partial charge in [0, 0.05) is 0 Å². The van der Waals surface area contributed by atoms with Crippen LogP contribution < -0.4 is 16.4 Å². The predicted molar refractivity (Wildman–Crippen MR) is 43.4 cm³/mol. The molecule has 0 saturated carbocycles. The summed E-state index contributed by atoms with van der Waals surface area (Å²) >= 11 is 0. The Balaban J connectivity index is 2.34. The number of carbonyl (C=O) groups excluding carboxylic acids is 2. The van der Waals surface area contributed by atoms with Gasteiger partial charge in [0.05, 0.1) is 6.04 Å². The highest BCUT2D eigenvalue weighted by atomic mass is 16.2. The second kappa shape index (κ2) is 4.06. The molecular weight excluding hydrogens is 158 g/mol. The summed E-state index contributed by atoms with van der Waals surface area (Å²) in [5.74, 6) is -0.317. The first-order valence-electron chi connectivity index (χ1n) is 4.04. The number of hydrogen-bond acceptors (Lipinski definition) is 3. The second-order valence-corrected chi connectivity index (χ2v) is 2.86. The first-order chi connectivity index (χ1) is 5.70. The fourth-order valence-electron chi connectivity index (χ4n) is 1.28. The van der Waals surface area contributed by atoms with E-state index in [9.17, 15) is 9.59 Å². The van der Waals surface area contributed by atoms with Crippen LogP contribution in [0, 0.1) is 0 Å². The van der Waals surface area contributed by atoms with Gasteiger partial charge in [0.2, 0.25) is 5.91 Å². The minimum Gasteiger partial charge on any atom is -0.351 e. The molecule has 1 saturated heterocycles. The van der Waals surface area contributed by atoms with Gasteiger partial charge in [0.1, 0.15) is 0 Å². The summed E-state index contributed by atoms with van der Waals surface area (Å²) < 4.78 is 0. The van der Waals surface area contributed by atoms with Crippen molar-refractivity contribution >= 4 is 11.9 Å². The molecule has 0 unspecified atom stereocenters. The number of piperidine rings is 1. The summed E-state index contributed by atoms with van der Waals surface area (Å²) in [5.41, 5.74) is 4.80. The zero-order valence-electron chi connectivity index (χ0n) is 6.80. The Labute approximate surface area is 70.7 Å². The molecule has 4 N–H and O–H groups in total. The highest BCUT2D eigenvalue weighted by Gasteiger charge is 2.20. The number of carbonyl (C=O) groups is 2. The number of nitrogens with two attached hydrogens (primary N) is 1. The van der Waals surface area contributed by atoms with Gasteiger partial charge in [-0.1, -0.05) is 6.42 Å². The fourth-order valence-corrected chi connectivity index (χ4v) is 1.28. The zero-order valence-corrected chi connectivity index (χ0v) is 6.80. The van der Waals surface area contributed by atoms with Crippen molar-refractivity contribution in [2.24, 2.45) is 5.73 Å². The van der Waals surface area contributed by atoms with E-state index in [1.165, 1.54) is 0 Å². The van der Waals surface area contributed by atoms with Gasteiger partial charge in [-0.2, -0.15) is 0 Å². The molecule has 0 radical (unpaired) electrons. The van der Waals surface area contributed by atoms with Crippen molar-refractivity contribution in [1.29, 1.82) is 0 Å². The van der Waals surface area contributed by atoms with Crippen molar-refractivity contribution in [3.8, 4) is 0 Å². The molecule has 0 aromatic rings. The van der Waals surface area contributed by atoms with Crippen LogP contribution in [-0.4, -0.2) is 24.5 Å². The molecule has 0 spiro atoms. The predicted octanol–water partition coefficient (Wildman–Crippen LogP) is -0.677. The van der Waals surface area contributed by atoms with E-state index in [0.717, 1.165) is 25.8 Å². The molecule has 1 aliphatic rings. The van der Waals surface area contributed by atoms with Gasteiger partial charge in [-0.25, -0.2) is 4.79 Å². The molecule has 1 aliphatic heterocycles. The Kier molecular flexibility index (Phi) is 3.04. The third-order valence-corrected chi connectivity index (χ3v) is 1.87. The number of hydrogen-bond donors (Lipinski definition) is 3. The normalized spacial score (nSPS) is 23.2. The van der Waals surface area contributed by atoms with E-state index in [1.807, 2.05) is 5.32 Å². The van der Waals surface area contributed by atoms with Crippen LogP contribution >= 0.6 is 0 Å². The minimum absolute atomic E-state index is 0.244. The topological polar surface area (TPSA) is 84.2 Å². The largest absolute Gasteiger partial charge is 0.351 e. The molecule has 1 atom stereocenters. The molecule has 1 rings (SSSR count). The lowest BCUT2D eigenvalue weighted by Gasteiger charge is -2.21. The van der Waals surface area contributed by atoms with Gasteiger partial charge in [-0.15, -0.1) is 0 Å². The van der Waals surface area contributed by atoms with Crippen molar-refractivity contribution in [2.45, 2.75) is 25.3 Å². The Morgan fingerprint density at radius 1 is 1.42 bits per heavy atom. The van der Waals surface area contributed by atoms with Crippen LogP contribution in [0.2, 0.25) is 0 Å². The third kappa shape index (κ3) is 2.50.